The molecule has 3 heteroatoms. The van der Waals surface area contributed by atoms with Gasteiger partial charge in [0, 0.05) is 11.6 Å². The molecule has 0 spiro atoms. The molecule has 2 nitrogen and oxygen atoms in total. The van der Waals surface area contributed by atoms with Crippen LogP contribution in [0.25, 0.3) is 0 Å². The third-order valence-corrected chi connectivity index (χ3v) is 1.78. The molecule has 0 aliphatic carbocycles. The van der Waals surface area contributed by atoms with Crippen molar-refractivity contribution in [1.82, 2.24) is 0 Å². The van der Waals surface area contributed by atoms with Crippen LogP contribution in [0.5, 0.6) is 0 Å². The van der Waals surface area contributed by atoms with Crippen molar-refractivity contribution in [3.8, 4) is 0 Å². The van der Waals surface area contributed by atoms with Gasteiger partial charge in [0.2, 0.25) is 0 Å². The number of hydrogen-bond donors (Lipinski definition) is 2. The SMILES string of the molecule is NCC[C@H](N)c1ccccc1F. The van der Waals surface area contributed by atoms with E-state index in [2.05, 4.69) is 0 Å². The van der Waals surface area contributed by atoms with Crippen LogP contribution in [-0.2, 0) is 0 Å². The normalized spacial score (nSPS) is 12.9. The van der Waals surface area contributed by atoms with Crippen molar-refractivity contribution >= 4 is 0 Å². The maximum absolute atomic E-state index is 13.0. The van der Waals surface area contributed by atoms with Crippen LogP contribution >= 0.6 is 0 Å². The maximum Gasteiger partial charge on any atom is 0.127 e. The van der Waals surface area contributed by atoms with E-state index in [1.54, 1.807) is 18.2 Å². The Morgan fingerprint density at radius 1 is 1.33 bits per heavy atom. The first-order chi connectivity index (χ1) is 5.75. The fourth-order valence-corrected chi connectivity index (χ4v) is 1.11. The Hall–Kier alpha value is -0.930. The lowest BCUT2D eigenvalue weighted by Crippen LogP contribution is -2.16. The average molecular weight is 168 g/mol. The van der Waals surface area contributed by atoms with Gasteiger partial charge in [-0.1, -0.05) is 18.2 Å². The molecule has 0 saturated carbocycles. The Morgan fingerprint density at radius 3 is 2.58 bits per heavy atom. The molecule has 4 N–H and O–H groups in total. The zero-order valence-corrected chi connectivity index (χ0v) is 6.83. The second-order valence-electron chi connectivity index (χ2n) is 2.71. The van der Waals surface area contributed by atoms with Gasteiger partial charge in [-0.3, -0.25) is 0 Å². The molecule has 1 aromatic carbocycles. The van der Waals surface area contributed by atoms with Gasteiger partial charge in [-0.2, -0.15) is 0 Å². The molecule has 0 bridgehead atoms. The summed E-state index contributed by atoms with van der Waals surface area (Å²) < 4.78 is 13.0. The first-order valence-corrected chi connectivity index (χ1v) is 3.95. The van der Waals surface area contributed by atoms with E-state index in [0.717, 1.165) is 0 Å². The van der Waals surface area contributed by atoms with Crippen molar-refractivity contribution in [2.45, 2.75) is 12.5 Å². The summed E-state index contributed by atoms with van der Waals surface area (Å²) in [4.78, 5) is 0. The fraction of sp³-hybridized carbons (Fsp3) is 0.333. The van der Waals surface area contributed by atoms with Crippen LogP contribution < -0.4 is 11.5 Å². The summed E-state index contributed by atoms with van der Waals surface area (Å²) in [5.74, 6) is -0.251. The Labute approximate surface area is 71.4 Å². The molecule has 0 radical (unpaired) electrons. The molecule has 0 fully saturated rings. The van der Waals surface area contributed by atoms with E-state index in [4.69, 9.17) is 11.5 Å². The van der Waals surface area contributed by atoms with Crippen molar-refractivity contribution in [3.63, 3.8) is 0 Å². The van der Waals surface area contributed by atoms with Crippen LogP contribution in [0.3, 0.4) is 0 Å². The monoisotopic (exact) mass is 168 g/mol. The van der Waals surface area contributed by atoms with Crippen LogP contribution in [0.15, 0.2) is 24.3 Å². The maximum atomic E-state index is 13.0. The van der Waals surface area contributed by atoms with Gasteiger partial charge in [0.05, 0.1) is 0 Å². The highest BCUT2D eigenvalue weighted by atomic mass is 19.1. The van der Waals surface area contributed by atoms with Crippen LogP contribution in [0.1, 0.15) is 18.0 Å². The summed E-state index contributed by atoms with van der Waals surface area (Å²) in [6, 6.07) is 6.24. The van der Waals surface area contributed by atoms with E-state index in [0.29, 0.717) is 18.5 Å². The van der Waals surface area contributed by atoms with Gasteiger partial charge < -0.3 is 11.5 Å². The van der Waals surface area contributed by atoms with Crippen molar-refractivity contribution in [2.75, 3.05) is 6.54 Å². The summed E-state index contributed by atoms with van der Waals surface area (Å²) in [6.07, 6.45) is 0.612. The summed E-state index contributed by atoms with van der Waals surface area (Å²) >= 11 is 0. The quantitative estimate of drug-likeness (QED) is 0.712. The lowest BCUT2D eigenvalue weighted by molar-refractivity contribution is 0.567. The average Bonchev–Trinajstić information content (AvgIpc) is 2.05. The Morgan fingerprint density at radius 2 is 2.00 bits per heavy atom. The number of hydrogen-bond acceptors (Lipinski definition) is 2. The standard InChI is InChI=1S/C9H13FN2/c10-8-4-2-1-3-7(8)9(12)5-6-11/h1-4,9H,5-6,11-12H2/t9-/m0/s1. The second kappa shape index (κ2) is 4.18. The van der Waals surface area contributed by atoms with E-state index < -0.39 is 0 Å². The topological polar surface area (TPSA) is 52.0 Å². The predicted molar refractivity (Wildman–Crippen MR) is 47.0 cm³/mol. The molecule has 0 saturated heterocycles. The first-order valence-electron chi connectivity index (χ1n) is 3.95. The molecule has 1 aromatic rings. The van der Waals surface area contributed by atoms with Gasteiger partial charge in [0.15, 0.2) is 0 Å². The first kappa shape index (κ1) is 9.16. The van der Waals surface area contributed by atoms with Crippen molar-refractivity contribution in [2.24, 2.45) is 11.5 Å². The summed E-state index contributed by atoms with van der Waals surface area (Å²) in [6.45, 7) is 0.482. The highest BCUT2D eigenvalue weighted by Crippen LogP contribution is 2.16. The lowest BCUT2D eigenvalue weighted by atomic mass is 10.0. The number of rotatable bonds is 3. The molecular formula is C9H13FN2. The molecule has 0 aromatic heterocycles. The Kier molecular flexibility index (Phi) is 3.19. The highest BCUT2D eigenvalue weighted by Gasteiger charge is 2.08. The predicted octanol–water partition coefficient (Wildman–Crippen LogP) is 1.17. The van der Waals surface area contributed by atoms with E-state index in [9.17, 15) is 4.39 Å². The Balaban J connectivity index is 2.79. The minimum atomic E-state index is -0.281. The third-order valence-electron chi connectivity index (χ3n) is 1.78. The molecule has 1 rings (SSSR count). The van der Waals surface area contributed by atoms with Crippen molar-refractivity contribution < 1.29 is 4.39 Å². The van der Waals surface area contributed by atoms with Gasteiger partial charge in [0.1, 0.15) is 5.82 Å². The third kappa shape index (κ3) is 2.03. The van der Waals surface area contributed by atoms with E-state index >= 15 is 0 Å². The van der Waals surface area contributed by atoms with Gasteiger partial charge in [0.25, 0.3) is 0 Å². The Bertz CT molecular complexity index is 250. The zero-order chi connectivity index (χ0) is 8.97. The van der Waals surface area contributed by atoms with Crippen LogP contribution in [0.2, 0.25) is 0 Å². The van der Waals surface area contributed by atoms with Crippen molar-refractivity contribution in [1.29, 1.82) is 0 Å². The largest absolute Gasteiger partial charge is 0.330 e. The summed E-state index contributed by atoms with van der Waals surface area (Å²) in [5.41, 5.74) is 11.5. The molecule has 12 heavy (non-hydrogen) atoms. The van der Waals surface area contributed by atoms with Crippen LogP contribution in [0, 0.1) is 5.82 Å². The van der Waals surface area contributed by atoms with E-state index in [-0.39, 0.29) is 11.9 Å². The van der Waals surface area contributed by atoms with Crippen LogP contribution in [-0.4, -0.2) is 6.54 Å². The number of nitrogens with two attached hydrogens (primary N) is 2. The molecule has 1 atom stereocenters. The molecule has 0 aliphatic heterocycles. The van der Waals surface area contributed by atoms with E-state index in [1.807, 2.05) is 0 Å². The van der Waals surface area contributed by atoms with Gasteiger partial charge in [-0.25, -0.2) is 4.39 Å². The van der Waals surface area contributed by atoms with Gasteiger partial charge in [-0.15, -0.1) is 0 Å². The zero-order valence-electron chi connectivity index (χ0n) is 6.83. The van der Waals surface area contributed by atoms with Gasteiger partial charge >= 0.3 is 0 Å². The minimum absolute atomic E-state index is 0.251. The molecular weight excluding hydrogens is 155 g/mol. The molecule has 0 aliphatic rings. The van der Waals surface area contributed by atoms with Crippen molar-refractivity contribution in [3.05, 3.63) is 35.6 Å². The summed E-state index contributed by atoms with van der Waals surface area (Å²) in [5, 5.41) is 0. The smallest absolute Gasteiger partial charge is 0.127 e. The van der Waals surface area contributed by atoms with Gasteiger partial charge in [-0.05, 0) is 19.0 Å². The lowest BCUT2D eigenvalue weighted by Gasteiger charge is -2.10. The van der Waals surface area contributed by atoms with E-state index in [1.165, 1.54) is 6.07 Å². The fourth-order valence-electron chi connectivity index (χ4n) is 1.11. The van der Waals surface area contributed by atoms with Crippen LogP contribution in [0.4, 0.5) is 4.39 Å². The molecule has 0 unspecified atom stereocenters. The molecule has 0 heterocycles. The highest BCUT2D eigenvalue weighted by molar-refractivity contribution is 5.20. The molecule has 66 valence electrons. The summed E-state index contributed by atoms with van der Waals surface area (Å²) in [7, 11) is 0. The number of benzene rings is 1. The number of halogens is 1. The second-order valence-corrected chi connectivity index (χ2v) is 2.71. The minimum Gasteiger partial charge on any atom is -0.330 e. The molecule has 0 amide bonds.